The molecule has 1 unspecified atom stereocenters. The van der Waals surface area contributed by atoms with Gasteiger partial charge in [0.15, 0.2) is 0 Å². The van der Waals surface area contributed by atoms with Gasteiger partial charge in [-0.1, -0.05) is 24.3 Å². The Kier molecular flexibility index (Phi) is 7.47. The Labute approximate surface area is 215 Å². The minimum absolute atomic E-state index is 0.0247. The molecule has 12 heteroatoms. The van der Waals surface area contributed by atoms with E-state index in [-0.39, 0.29) is 31.5 Å². The maximum absolute atomic E-state index is 13.4. The van der Waals surface area contributed by atoms with Crippen LogP contribution in [0.3, 0.4) is 0 Å². The molecule has 0 spiro atoms. The third-order valence-electron chi connectivity index (χ3n) is 6.03. The highest BCUT2D eigenvalue weighted by Gasteiger charge is 2.39. The van der Waals surface area contributed by atoms with E-state index in [9.17, 15) is 27.6 Å². The van der Waals surface area contributed by atoms with E-state index >= 15 is 0 Å². The lowest BCUT2D eigenvalue weighted by Crippen LogP contribution is -2.53. The summed E-state index contributed by atoms with van der Waals surface area (Å²) in [6.07, 6.45) is -4.83. The molecular weight excluding hydrogens is 501 g/mol. The molecule has 0 saturated carbocycles. The lowest BCUT2D eigenvalue weighted by Gasteiger charge is -2.33. The average Bonchev–Trinajstić information content (AvgIpc) is 3.25. The fourth-order valence-corrected chi connectivity index (χ4v) is 4.30. The lowest BCUT2D eigenvalue weighted by atomic mass is 9.97. The van der Waals surface area contributed by atoms with Gasteiger partial charge >= 0.3 is 6.18 Å². The molecule has 3 aromatic rings. The summed E-state index contributed by atoms with van der Waals surface area (Å²) in [5, 5.41) is 18.4. The molecule has 9 nitrogen and oxygen atoms in total. The highest BCUT2D eigenvalue weighted by atomic mass is 19.4. The van der Waals surface area contributed by atoms with Crippen LogP contribution in [-0.4, -0.2) is 46.6 Å². The topological polar surface area (TPSA) is 120 Å². The zero-order valence-corrected chi connectivity index (χ0v) is 20.2. The largest absolute Gasteiger partial charge is 0.416 e. The fourth-order valence-electron chi connectivity index (χ4n) is 4.30. The molecule has 3 amide bonds. The van der Waals surface area contributed by atoms with Gasteiger partial charge in [0.05, 0.1) is 29.4 Å². The Morgan fingerprint density at radius 2 is 1.89 bits per heavy atom. The highest BCUT2D eigenvalue weighted by Crippen LogP contribution is 2.34. The van der Waals surface area contributed by atoms with Crippen molar-refractivity contribution in [3.8, 4) is 11.8 Å². The van der Waals surface area contributed by atoms with Crippen LogP contribution in [0.15, 0.2) is 54.6 Å². The molecule has 1 aliphatic heterocycles. The summed E-state index contributed by atoms with van der Waals surface area (Å²) in [4.78, 5) is 40.2. The number of nitriles is 1. The van der Waals surface area contributed by atoms with Crippen LogP contribution >= 0.6 is 0 Å². The molecule has 0 radical (unpaired) electrons. The van der Waals surface area contributed by atoms with Gasteiger partial charge in [-0.2, -0.15) is 23.5 Å². The second-order valence-electron chi connectivity index (χ2n) is 8.50. The standard InChI is InChI=1S/C26H23F3N6O3/c1-2-34-24-19(20(15-22(36)31-12-11-30)33-35(24)18-9-4-3-5-10-18)14-21(25(34)38)32-23(37)16-7-6-8-17(13-16)26(27,28)29/h3-10,13,21H,2,12,14-15H2,1H3,(H,31,36)(H,32,37). The van der Waals surface area contributed by atoms with Crippen LogP contribution in [0.5, 0.6) is 0 Å². The predicted octanol–water partition coefficient (Wildman–Crippen LogP) is 2.78. The highest BCUT2D eigenvalue weighted by molar-refractivity contribution is 6.04. The number of nitrogens with one attached hydrogen (secondary N) is 2. The zero-order chi connectivity index (χ0) is 27.4. The van der Waals surface area contributed by atoms with Gasteiger partial charge in [-0.3, -0.25) is 19.3 Å². The summed E-state index contributed by atoms with van der Waals surface area (Å²) in [6, 6.07) is 13.6. The normalized spacial score (nSPS) is 15.0. The number of hydrogen-bond donors (Lipinski definition) is 2. The van der Waals surface area contributed by atoms with Crippen molar-refractivity contribution in [1.29, 1.82) is 5.26 Å². The summed E-state index contributed by atoms with van der Waals surface area (Å²) in [6.45, 7) is 1.76. The molecule has 0 bridgehead atoms. The molecule has 2 heterocycles. The third kappa shape index (κ3) is 5.36. The lowest BCUT2D eigenvalue weighted by molar-refractivity contribution is -0.137. The third-order valence-corrected chi connectivity index (χ3v) is 6.03. The number of aromatic nitrogens is 2. The van der Waals surface area contributed by atoms with Crippen LogP contribution in [0.2, 0.25) is 0 Å². The number of likely N-dealkylation sites (N-methyl/N-ethyl adjacent to an activating group) is 1. The summed E-state index contributed by atoms with van der Waals surface area (Å²) in [7, 11) is 0. The van der Waals surface area contributed by atoms with Crippen molar-refractivity contribution in [2.75, 3.05) is 18.0 Å². The smallest absolute Gasteiger partial charge is 0.343 e. The van der Waals surface area contributed by atoms with Crippen LogP contribution in [0.4, 0.5) is 19.0 Å². The maximum Gasteiger partial charge on any atom is 0.416 e. The van der Waals surface area contributed by atoms with Gasteiger partial charge in [-0.25, -0.2) is 4.68 Å². The van der Waals surface area contributed by atoms with E-state index in [0.717, 1.165) is 18.2 Å². The van der Waals surface area contributed by atoms with Crippen molar-refractivity contribution in [2.45, 2.75) is 32.0 Å². The van der Waals surface area contributed by atoms with E-state index < -0.39 is 35.5 Å². The van der Waals surface area contributed by atoms with Gasteiger partial charge in [-0.05, 0) is 37.3 Å². The van der Waals surface area contributed by atoms with Crippen LogP contribution in [-0.2, 0) is 28.6 Å². The number of fused-ring (bicyclic) bond motifs is 1. The van der Waals surface area contributed by atoms with Crippen molar-refractivity contribution < 1.29 is 27.6 Å². The molecule has 1 aliphatic rings. The first-order chi connectivity index (χ1) is 18.1. The van der Waals surface area contributed by atoms with Crippen LogP contribution in [0.25, 0.3) is 5.69 Å². The number of hydrogen-bond acceptors (Lipinski definition) is 5. The van der Waals surface area contributed by atoms with E-state index in [1.807, 2.05) is 12.1 Å². The Morgan fingerprint density at radius 3 is 2.55 bits per heavy atom. The number of para-hydroxylation sites is 1. The van der Waals surface area contributed by atoms with Crippen molar-refractivity contribution in [3.05, 3.63) is 77.0 Å². The summed E-state index contributed by atoms with van der Waals surface area (Å²) < 4.78 is 40.9. The molecule has 0 aliphatic carbocycles. The Balaban J connectivity index is 1.70. The van der Waals surface area contributed by atoms with Gasteiger partial charge in [0.25, 0.3) is 11.8 Å². The summed E-state index contributed by atoms with van der Waals surface area (Å²) in [5.74, 6) is -1.30. The van der Waals surface area contributed by atoms with Gasteiger partial charge in [0.2, 0.25) is 5.91 Å². The SMILES string of the molecule is CCN1C(=O)C(NC(=O)c2cccc(C(F)(F)F)c2)Cc2c(CC(=O)NCC#N)nn(-c3ccccc3)c21. The molecule has 4 rings (SSSR count). The van der Waals surface area contributed by atoms with Crippen molar-refractivity contribution in [3.63, 3.8) is 0 Å². The van der Waals surface area contributed by atoms with Crippen molar-refractivity contribution in [2.24, 2.45) is 0 Å². The Morgan fingerprint density at radius 1 is 1.16 bits per heavy atom. The van der Waals surface area contributed by atoms with Crippen molar-refractivity contribution >= 4 is 23.5 Å². The molecule has 1 aromatic heterocycles. The number of nitrogens with zero attached hydrogens (tertiary/aromatic N) is 4. The minimum atomic E-state index is -4.63. The summed E-state index contributed by atoms with van der Waals surface area (Å²) >= 11 is 0. The first kappa shape index (κ1) is 26.4. The number of halogens is 3. The van der Waals surface area contributed by atoms with E-state index in [1.54, 1.807) is 35.9 Å². The second-order valence-corrected chi connectivity index (χ2v) is 8.50. The predicted molar refractivity (Wildman–Crippen MR) is 130 cm³/mol. The van der Waals surface area contributed by atoms with E-state index in [0.29, 0.717) is 22.8 Å². The van der Waals surface area contributed by atoms with Gasteiger partial charge in [0.1, 0.15) is 18.4 Å². The zero-order valence-electron chi connectivity index (χ0n) is 20.2. The van der Waals surface area contributed by atoms with Gasteiger partial charge < -0.3 is 10.6 Å². The van der Waals surface area contributed by atoms with E-state index in [2.05, 4.69) is 15.7 Å². The average molecular weight is 525 g/mol. The first-order valence-electron chi connectivity index (χ1n) is 11.7. The maximum atomic E-state index is 13.4. The summed E-state index contributed by atoms with van der Waals surface area (Å²) in [5.41, 5.74) is 0.315. The molecule has 2 aromatic carbocycles. The van der Waals surface area contributed by atoms with E-state index in [1.165, 1.54) is 11.0 Å². The Hall–Kier alpha value is -4.66. The number of carbonyl (C=O) groups excluding carboxylic acids is 3. The number of benzene rings is 2. The second kappa shape index (κ2) is 10.8. The molecule has 38 heavy (non-hydrogen) atoms. The van der Waals surface area contributed by atoms with Gasteiger partial charge in [-0.15, -0.1) is 0 Å². The molecule has 0 saturated heterocycles. The molecule has 2 N–H and O–H groups in total. The number of alkyl halides is 3. The number of anilines is 1. The minimum Gasteiger partial charge on any atom is -0.343 e. The first-order valence-corrected chi connectivity index (χ1v) is 11.7. The molecular formula is C26H23F3N6O3. The monoisotopic (exact) mass is 524 g/mol. The molecule has 196 valence electrons. The van der Waals surface area contributed by atoms with Gasteiger partial charge in [0, 0.05) is 24.1 Å². The van der Waals surface area contributed by atoms with Crippen LogP contribution in [0, 0.1) is 11.3 Å². The number of carbonyl (C=O) groups is 3. The molecule has 0 fully saturated rings. The number of rotatable bonds is 7. The van der Waals surface area contributed by atoms with Crippen LogP contribution < -0.4 is 15.5 Å². The Bertz CT molecular complexity index is 1410. The fraction of sp³-hybridized carbons (Fsp3) is 0.269. The van der Waals surface area contributed by atoms with Crippen molar-refractivity contribution in [1.82, 2.24) is 20.4 Å². The quantitative estimate of drug-likeness (QED) is 0.461. The number of amides is 3. The van der Waals surface area contributed by atoms with E-state index in [4.69, 9.17) is 5.26 Å². The molecule has 1 atom stereocenters. The van der Waals surface area contributed by atoms with Crippen LogP contribution in [0.1, 0.15) is 34.1 Å².